The van der Waals surface area contributed by atoms with Crippen LogP contribution >= 0.6 is 11.3 Å². The zero-order valence-electron chi connectivity index (χ0n) is 18.7. The van der Waals surface area contributed by atoms with Gasteiger partial charge in [0.05, 0.1) is 37.9 Å². The third-order valence-corrected chi connectivity index (χ3v) is 5.91. The van der Waals surface area contributed by atoms with Crippen LogP contribution < -0.4 is 10.3 Å². The van der Waals surface area contributed by atoms with Crippen molar-refractivity contribution in [2.75, 3.05) is 20.3 Å². The van der Waals surface area contributed by atoms with Crippen molar-refractivity contribution in [3.8, 4) is 16.9 Å². The Kier molecular flexibility index (Phi) is 7.83. The number of thiophene rings is 1. The Labute approximate surface area is 186 Å². The van der Waals surface area contributed by atoms with Gasteiger partial charge in [-0.05, 0) is 33.8 Å². The molecule has 0 aliphatic carbocycles. The first-order chi connectivity index (χ1) is 14.8. The second-order valence-electron chi connectivity index (χ2n) is 8.10. The fourth-order valence-electron chi connectivity index (χ4n) is 3.41. The summed E-state index contributed by atoms with van der Waals surface area (Å²) in [5.41, 5.74) is 1.52. The highest BCUT2D eigenvalue weighted by atomic mass is 32.1. The lowest BCUT2D eigenvalue weighted by molar-refractivity contribution is -0.0140. The lowest BCUT2D eigenvalue weighted by atomic mass is 10.1. The minimum Gasteiger partial charge on any atom is -0.496 e. The van der Waals surface area contributed by atoms with E-state index in [1.54, 1.807) is 7.11 Å². The molecule has 1 atom stereocenters. The van der Waals surface area contributed by atoms with Crippen molar-refractivity contribution in [3.63, 3.8) is 0 Å². The van der Waals surface area contributed by atoms with Crippen LogP contribution in [0.1, 0.15) is 33.5 Å². The van der Waals surface area contributed by atoms with Crippen LogP contribution in [0.25, 0.3) is 21.3 Å². The average Bonchev–Trinajstić information content (AvgIpc) is 3.16. The topological polar surface area (TPSA) is 87.7 Å². The normalized spacial score (nSPS) is 12.9. The van der Waals surface area contributed by atoms with E-state index >= 15 is 0 Å². The maximum Gasteiger partial charge on any atom is 0.260 e. The molecule has 0 aliphatic rings. The molecule has 0 fully saturated rings. The van der Waals surface area contributed by atoms with Gasteiger partial charge < -0.3 is 19.6 Å². The molecule has 3 aromatic rings. The molecule has 2 heterocycles. The molecule has 168 valence electrons. The minimum absolute atomic E-state index is 0.0684. The molecule has 0 bridgehead atoms. The Bertz CT molecular complexity index is 1060. The molecule has 3 rings (SSSR count). The molecule has 1 unspecified atom stereocenters. The van der Waals surface area contributed by atoms with Gasteiger partial charge in [0.1, 0.15) is 16.4 Å². The summed E-state index contributed by atoms with van der Waals surface area (Å²) in [5.74, 6) is 1.30. The molecule has 0 amide bonds. The third-order valence-electron chi connectivity index (χ3n) is 5.04. The fraction of sp³-hybridized carbons (Fsp3) is 0.478. The van der Waals surface area contributed by atoms with Gasteiger partial charge in [-0.3, -0.25) is 9.69 Å². The SMILES string of the molecule is COc1ccccc1-c1csc2nc(CN(CC(O)COC(C)C)C(C)C)[nH]c(=O)c12. The van der Waals surface area contributed by atoms with Crippen LogP contribution in [0, 0.1) is 0 Å². The number of rotatable bonds is 10. The zero-order valence-corrected chi connectivity index (χ0v) is 19.5. The Hall–Kier alpha value is -2.26. The standard InChI is InChI=1S/C23H31N3O4S/c1-14(2)26(10-16(27)12-30-15(3)4)11-20-24-22(28)21-18(13-31-23(21)25-20)17-8-6-7-9-19(17)29-5/h6-9,13-16,27H,10-12H2,1-5H3,(H,24,25,28). The van der Waals surface area contributed by atoms with E-state index in [2.05, 4.69) is 23.7 Å². The van der Waals surface area contributed by atoms with Crippen molar-refractivity contribution in [1.82, 2.24) is 14.9 Å². The number of nitrogens with zero attached hydrogens (tertiary/aromatic N) is 2. The van der Waals surface area contributed by atoms with Crippen molar-refractivity contribution in [1.29, 1.82) is 0 Å². The van der Waals surface area contributed by atoms with E-state index in [4.69, 9.17) is 14.5 Å². The predicted octanol–water partition coefficient (Wildman–Crippen LogP) is 3.66. The quantitative estimate of drug-likeness (QED) is 0.495. The summed E-state index contributed by atoms with van der Waals surface area (Å²) in [5, 5.41) is 12.8. The van der Waals surface area contributed by atoms with Crippen LogP contribution in [0.2, 0.25) is 0 Å². The number of hydrogen-bond acceptors (Lipinski definition) is 7. The van der Waals surface area contributed by atoms with E-state index in [0.717, 1.165) is 11.1 Å². The smallest absolute Gasteiger partial charge is 0.260 e. The number of para-hydroxylation sites is 1. The van der Waals surface area contributed by atoms with Crippen LogP contribution in [-0.2, 0) is 11.3 Å². The summed E-state index contributed by atoms with van der Waals surface area (Å²) in [6.07, 6.45) is -0.544. The molecular formula is C23H31N3O4S. The van der Waals surface area contributed by atoms with Crippen LogP contribution in [-0.4, -0.2) is 58.5 Å². The number of ether oxygens (including phenoxy) is 2. The largest absolute Gasteiger partial charge is 0.496 e. The molecule has 7 nitrogen and oxygen atoms in total. The Balaban J connectivity index is 1.86. The number of aromatic nitrogens is 2. The molecule has 0 radical (unpaired) electrons. The van der Waals surface area contributed by atoms with E-state index in [9.17, 15) is 9.90 Å². The highest BCUT2D eigenvalue weighted by Gasteiger charge is 2.19. The molecule has 0 spiro atoms. The summed E-state index contributed by atoms with van der Waals surface area (Å²) >= 11 is 1.44. The number of fused-ring (bicyclic) bond motifs is 1. The van der Waals surface area contributed by atoms with Crippen LogP contribution in [0.15, 0.2) is 34.4 Å². The third kappa shape index (κ3) is 5.71. The van der Waals surface area contributed by atoms with E-state index in [0.29, 0.717) is 34.9 Å². The van der Waals surface area contributed by atoms with Gasteiger partial charge in [0.15, 0.2) is 0 Å². The molecule has 8 heteroatoms. The van der Waals surface area contributed by atoms with Gasteiger partial charge in [0.25, 0.3) is 5.56 Å². The van der Waals surface area contributed by atoms with Crippen LogP contribution in [0.5, 0.6) is 5.75 Å². The lowest BCUT2D eigenvalue weighted by Gasteiger charge is -2.28. The predicted molar refractivity (Wildman–Crippen MR) is 125 cm³/mol. The van der Waals surface area contributed by atoms with Gasteiger partial charge in [0, 0.05) is 29.1 Å². The highest BCUT2D eigenvalue weighted by Crippen LogP contribution is 2.36. The van der Waals surface area contributed by atoms with Crippen LogP contribution in [0.4, 0.5) is 0 Å². The maximum absolute atomic E-state index is 13.0. The monoisotopic (exact) mass is 445 g/mol. The Morgan fingerprint density at radius 2 is 1.94 bits per heavy atom. The molecule has 2 N–H and O–H groups in total. The zero-order chi connectivity index (χ0) is 22.5. The Morgan fingerprint density at radius 1 is 1.19 bits per heavy atom. The Morgan fingerprint density at radius 3 is 2.61 bits per heavy atom. The highest BCUT2D eigenvalue weighted by molar-refractivity contribution is 7.17. The second kappa shape index (κ2) is 10.4. The lowest BCUT2D eigenvalue weighted by Crippen LogP contribution is -2.39. The first-order valence-electron chi connectivity index (χ1n) is 10.5. The van der Waals surface area contributed by atoms with Gasteiger partial charge in [0.2, 0.25) is 0 Å². The minimum atomic E-state index is -0.612. The van der Waals surface area contributed by atoms with Gasteiger partial charge in [-0.2, -0.15) is 0 Å². The number of benzene rings is 1. The number of nitrogens with one attached hydrogen (secondary N) is 1. The van der Waals surface area contributed by atoms with E-state index in [1.165, 1.54) is 11.3 Å². The summed E-state index contributed by atoms with van der Waals surface area (Å²) in [6.45, 7) is 9.13. The molecule has 2 aromatic heterocycles. The summed E-state index contributed by atoms with van der Waals surface area (Å²) < 4.78 is 11.0. The summed E-state index contributed by atoms with van der Waals surface area (Å²) in [7, 11) is 1.62. The number of H-pyrrole nitrogens is 1. The molecular weight excluding hydrogens is 414 g/mol. The van der Waals surface area contributed by atoms with Crippen molar-refractivity contribution in [3.05, 3.63) is 45.8 Å². The van der Waals surface area contributed by atoms with Gasteiger partial charge in [-0.1, -0.05) is 18.2 Å². The van der Waals surface area contributed by atoms with E-state index < -0.39 is 6.10 Å². The number of hydrogen-bond donors (Lipinski definition) is 2. The molecule has 0 saturated carbocycles. The van der Waals surface area contributed by atoms with Crippen molar-refractivity contribution in [2.24, 2.45) is 0 Å². The maximum atomic E-state index is 13.0. The molecule has 1 aromatic carbocycles. The van der Waals surface area contributed by atoms with E-state index in [1.807, 2.05) is 43.5 Å². The number of aromatic amines is 1. The van der Waals surface area contributed by atoms with Crippen molar-refractivity contribution >= 4 is 21.6 Å². The number of aliphatic hydroxyl groups excluding tert-OH is 1. The molecule has 0 saturated heterocycles. The molecule has 0 aliphatic heterocycles. The van der Waals surface area contributed by atoms with Gasteiger partial charge in [-0.15, -0.1) is 11.3 Å². The first kappa shape index (κ1) is 23.4. The average molecular weight is 446 g/mol. The number of methoxy groups -OCH3 is 1. The second-order valence-corrected chi connectivity index (χ2v) is 8.96. The summed E-state index contributed by atoms with van der Waals surface area (Å²) in [4.78, 5) is 23.4. The molecule has 31 heavy (non-hydrogen) atoms. The van der Waals surface area contributed by atoms with Gasteiger partial charge >= 0.3 is 0 Å². The number of aliphatic hydroxyl groups is 1. The summed E-state index contributed by atoms with van der Waals surface area (Å²) in [6, 6.07) is 7.81. The van der Waals surface area contributed by atoms with Crippen molar-refractivity contribution < 1.29 is 14.6 Å². The van der Waals surface area contributed by atoms with Crippen LogP contribution in [0.3, 0.4) is 0 Å². The van der Waals surface area contributed by atoms with E-state index in [-0.39, 0.29) is 24.3 Å². The van der Waals surface area contributed by atoms with Crippen molar-refractivity contribution in [2.45, 2.75) is 52.5 Å². The first-order valence-corrected chi connectivity index (χ1v) is 11.4. The fourth-order valence-corrected chi connectivity index (χ4v) is 4.37. The van der Waals surface area contributed by atoms with Gasteiger partial charge in [-0.25, -0.2) is 4.98 Å².